The number of carbonyl (C=O) groups excluding carboxylic acids is 1. The Hall–Kier alpha value is -2.32. The van der Waals surface area contributed by atoms with Crippen molar-refractivity contribution in [3.8, 4) is 11.5 Å². The average Bonchev–Trinajstić information content (AvgIpc) is 3.46. The van der Waals surface area contributed by atoms with Gasteiger partial charge in [-0.1, -0.05) is 95.8 Å². The van der Waals surface area contributed by atoms with Crippen molar-refractivity contribution in [2.24, 2.45) is 0 Å². The first-order valence-corrected chi connectivity index (χ1v) is 15.7. The van der Waals surface area contributed by atoms with Gasteiger partial charge in [0.2, 0.25) is 0 Å². The summed E-state index contributed by atoms with van der Waals surface area (Å²) in [6.45, 7) is 3.66. The number of nitrogens with zero attached hydrogens (tertiary/aromatic N) is 1. The number of anilines is 2. The van der Waals surface area contributed by atoms with E-state index in [9.17, 15) is 4.79 Å². The van der Waals surface area contributed by atoms with Crippen LogP contribution in [0.4, 0.5) is 16.2 Å². The Morgan fingerprint density at radius 2 is 1.55 bits per heavy atom. The van der Waals surface area contributed by atoms with Gasteiger partial charge in [-0.25, -0.2) is 4.79 Å². The Kier molecular flexibility index (Phi) is 17.4. The van der Waals surface area contributed by atoms with Crippen molar-refractivity contribution in [2.45, 2.75) is 90.5 Å². The summed E-state index contributed by atoms with van der Waals surface area (Å²) >= 11 is 1.77. The Morgan fingerprint density at radius 1 is 0.875 bits per heavy atom. The van der Waals surface area contributed by atoms with Gasteiger partial charge in [0, 0.05) is 30.2 Å². The van der Waals surface area contributed by atoms with E-state index < -0.39 is 0 Å². The molecule has 0 bridgehead atoms. The van der Waals surface area contributed by atoms with Crippen LogP contribution in [0.3, 0.4) is 0 Å². The van der Waals surface area contributed by atoms with E-state index in [0.717, 1.165) is 30.1 Å². The third-order valence-electron chi connectivity index (χ3n) is 6.92. The van der Waals surface area contributed by atoms with Gasteiger partial charge in [-0.3, -0.25) is 0 Å². The predicted molar refractivity (Wildman–Crippen MR) is 176 cm³/mol. The van der Waals surface area contributed by atoms with Gasteiger partial charge in [0.15, 0.2) is 11.5 Å². The molecule has 222 valence electrons. The van der Waals surface area contributed by atoms with Crippen molar-refractivity contribution in [1.29, 1.82) is 0 Å². The second-order valence-electron chi connectivity index (χ2n) is 10.2. The van der Waals surface area contributed by atoms with Crippen LogP contribution in [0.5, 0.6) is 11.5 Å². The van der Waals surface area contributed by atoms with Crippen LogP contribution in [0, 0.1) is 0 Å². The molecule has 0 radical (unpaired) electrons. The summed E-state index contributed by atoms with van der Waals surface area (Å²) in [6, 6.07) is 13.1. The molecule has 1 aliphatic rings. The number of hydrogen-bond donors (Lipinski definition) is 2. The first-order valence-electron chi connectivity index (χ1n) is 14.7. The van der Waals surface area contributed by atoms with Crippen LogP contribution in [-0.2, 0) is 6.54 Å². The molecular weight excluding hydrogens is 586 g/mol. The van der Waals surface area contributed by atoms with E-state index in [4.69, 9.17) is 9.47 Å². The van der Waals surface area contributed by atoms with Crippen LogP contribution >= 0.6 is 28.7 Å². The SMILES string of the molecule is Br.CCCCCCCCCCCCCCOc1cc(NC(=O)Nc2ccccc2CN2C=CSC2)ccc1OC. The zero-order chi connectivity index (χ0) is 27.5. The summed E-state index contributed by atoms with van der Waals surface area (Å²) in [5.74, 6) is 2.24. The molecule has 6 nitrogen and oxygen atoms in total. The molecule has 0 aliphatic carbocycles. The molecule has 8 heteroatoms. The number of hydrogen-bond acceptors (Lipinski definition) is 5. The lowest BCUT2D eigenvalue weighted by Gasteiger charge is -2.18. The largest absolute Gasteiger partial charge is 0.493 e. The zero-order valence-corrected chi connectivity index (χ0v) is 26.8. The summed E-state index contributed by atoms with van der Waals surface area (Å²) in [6.07, 6.45) is 17.8. The highest BCUT2D eigenvalue weighted by Crippen LogP contribution is 2.31. The number of unbranched alkanes of at least 4 members (excludes halogenated alkanes) is 11. The third kappa shape index (κ3) is 12.9. The van der Waals surface area contributed by atoms with Crippen molar-refractivity contribution in [2.75, 3.05) is 30.2 Å². The molecule has 0 saturated heterocycles. The van der Waals surface area contributed by atoms with E-state index >= 15 is 0 Å². The molecule has 2 N–H and O–H groups in total. The normalized spacial score (nSPS) is 12.2. The number of nitrogens with one attached hydrogen (secondary N) is 2. The Balaban J connectivity index is 0.00000560. The summed E-state index contributed by atoms with van der Waals surface area (Å²) < 4.78 is 11.5. The number of rotatable bonds is 19. The molecule has 0 saturated carbocycles. The summed E-state index contributed by atoms with van der Waals surface area (Å²) in [7, 11) is 1.64. The highest BCUT2D eigenvalue weighted by Gasteiger charge is 2.12. The standard InChI is InChI=1S/C32H47N3O3S.BrH/c1-3-4-5-6-7-8-9-10-11-12-13-16-22-38-31-24-28(19-20-30(31)37-2)33-32(36)34-29-18-15-14-17-27(29)25-35-21-23-39-26-35;/h14-15,17-21,23-24H,3-13,16,22,25-26H2,1-2H3,(H2,33,34,36);1H. The van der Waals surface area contributed by atoms with Gasteiger partial charge in [-0.2, -0.15) is 0 Å². The summed E-state index contributed by atoms with van der Waals surface area (Å²) in [5, 5.41) is 8.02. The van der Waals surface area contributed by atoms with E-state index in [2.05, 4.69) is 34.1 Å². The number of halogens is 1. The van der Waals surface area contributed by atoms with Crippen molar-refractivity contribution >= 4 is 46.1 Å². The van der Waals surface area contributed by atoms with Gasteiger partial charge in [0.25, 0.3) is 0 Å². The molecule has 0 spiro atoms. The van der Waals surface area contributed by atoms with Crippen LogP contribution in [0.2, 0.25) is 0 Å². The fraction of sp³-hybridized carbons (Fsp3) is 0.531. The fourth-order valence-corrected chi connectivity index (χ4v) is 5.40. The third-order valence-corrected chi connectivity index (χ3v) is 7.72. The van der Waals surface area contributed by atoms with Gasteiger partial charge >= 0.3 is 6.03 Å². The molecule has 1 heterocycles. The maximum atomic E-state index is 12.8. The first-order chi connectivity index (χ1) is 19.2. The van der Waals surface area contributed by atoms with Crippen molar-refractivity contribution in [3.05, 3.63) is 59.6 Å². The minimum absolute atomic E-state index is 0. The van der Waals surface area contributed by atoms with Crippen LogP contribution < -0.4 is 20.1 Å². The number of para-hydroxylation sites is 1. The minimum Gasteiger partial charge on any atom is -0.493 e. The highest BCUT2D eigenvalue weighted by atomic mass is 79.9. The minimum atomic E-state index is -0.286. The lowest BCUT2D eigenvalue weighted by Crippen LogP contribution is -2.21. The quantitative estimate of drug-likeness (QED) is 0.151. The van der Waals surface area contributed by atoms with Gasteiger partial charge in [-0.05, 0) is 35.6 Å². The second-order valence-corrected chi connectivity index (χ2v) is 11.0. The van der Waals surface area contributed by atoms with E-state index in [1.54, 1.807) is 18.9 Å². The van der Waals surface area contributed by atoms with Gasteiger partial charge < -0.3 is 25.0 Å². The summed E-state index contributed by atoms with van der Waals surface area (Å²) in [5.41, 5.74) is 2.53. The first kappa shape index (κ1) is 33.9. The molecule has 0 fully saturated rings. The van der Waals surface area contributed by atoms with E-state index in [0.29, 0.717) is 23.8 Å². The maximum Gasteiger partial charge on any atom is 0.323 e. The van der Waals surface area contributed by atoms with Crippen LogP contribution in [0.15, 0.2) is 54.1 Å². The van der Waals surface area contributed by atoms with E-state index in [-0.39, 0.29) is 23.0 Å². The molecule has 1 aliphatic heterocycles. The van der Waals surface area contributed by atoms with Gasteiger partial charge in [0.1, 0.15) is 0 Å². The number of urea groups is 1. The van der Waals surface area contributed by atoms with Gasteiger partial charge in [-0.15, -0.1) is 28.7 Å². The number of ether oxygens (including phenoxy) is 2. The van der Waals surface area contributed by atoms with Gasteiger partial charge in [0.05, 0.1) is 19.6 Å². The van der Waals surface area contributed by atoms with Crippen molar-refractivity contribution < 1.29 is 14.3 Å². The molecule has 2 aromatic carbocycles. The van der Waals surface area contributed by atoms with Crippen molar-refractivity contribution in [3.63, 3.8) is 0 Å². The Morgan fingerprint density at radius 3 is 2.20 bits per heavy atom. The monoisotopic (exact) mass is 633 g/mol. The zero-order valence-electron chi connectivity index (χ0n) is 24.3. The molecule has 0 atom stereocenters. The highest BCUT2D eigenvalue weighted by molar-refractivity contribution is 8.93. The lowest BCUT2D eigenvalue weighted by atomic mass is 10.1. The van der Waals surface area contributed by atoms with E-state index in [1.807, 2.05) is 42.5 Å². The van der Waals surface area contributed by atoms with E-state index in [1.165, 1.54) is 70.6 Å². The Bertz CT molecular complexity index is 1020. The fourth-order valence-electron chi connectivity index (χ4n) is 4.69. The van der Waals surface area contributed by atoms with Crippen LogP contribution in [-0.4, -0.2) is 30.5 Å². The topological polar surface area (TPSA) is 62.8 Å². The maximum absolute atomic E-state index is 12.8. The Labute approximate surface area is 256 Å². The number of thioether (sulfide) groups is 1. The average molecular weight is 635 g/mol. The number of carbonyl (C=O) groups is 1. The molecule has 2 amide bonds. The molecule has 40 heavy (non-hydrogen) atoms. The molecular formula is C32H48BrN3O3S. The predicted octanol–water partition coefficient (Wildman–Crippen LogP) is 9.97. The molecule has 0 unspecified atom stereocenters. The number of methoxy groups -OCH3 is 1. The molecule has 3 rings (SSSR count). The number of benzene rings is 2. The lowest BCUT2D eigenvalue weighted by molar-refractivity contribution is 0.262. The molecule has 0 aromatic heterocycles. The summed E-state index contributed by atoms with van der Waals surface area (Å²) in [4.78, 5) is 15.0. The van der Waals surface area contributed by atoms with Crippen molar-refractivity contribution in [1.82, 2.24) is 4.90 Å². The van der Waals surface area contributed by atoms with Crippen LogP contribution in [0.1, 0.15) is 89.5 Å². The number of amides is 2. The second kappa shape index (κ2) is 20.5. The molecule has 2 aromatic rings. The van der Waals surface area contributed by atoms with Crippen LogP contribution in [0.25, 0.3) is 0 Å². The smallest absolute Gasteiger partial charge is 0.323 e.